The molecule has 3 rings (SSSR count). The zero-order valence-electron chi connectivity index (χ0n) is 12.3. The maximum Gasteiger partial charge on any atom is 0.240 e. The molecule has 0 radical (unpaired) electrons. The summed E-state index contributed by atoms with van der Waals surface area (Å²) in [7, 11) is 0. The highest BCUT2D eigenvalue weighted by Crippen LogP contribution is 2.41. The van der Waals surface area contributed by atoms with Gasteiger partial charge in [-0.2, -0.15) is 0 Å². The van der Waals surface area contributed by atoms with Crippen molar-refractivity contribution in [1.29, 1.82) is 0 Å². The lowest BCUT2D eigenvalue weighted by Gasteiger charge is -2.40. The first-order chi connectivity index (χ1) is 9.70. The first-order valence-electron chi connectivity index (χ1n) is 7.39. The van der Waals surface area contributed by atoms with Crippen molar-refractivity contribution in [2.24, 2.45) is 11.7 Å². The fourth-order valence-corrected chi connectivity index (χ4v) is 5.63. The number of aryl methyl sites for hydroxylation is 1. The molecule has 0 bridgehead atoms. The van der Waals surface area contributed by atoms with Crippen LogP contribution in [0.1, 0.15) is 35.5 Å². The van der Waals surface area contributed by atoms with Gasteiger partial charge >= 0.3 is 0 Å². The Balaban J connectivity index is 0.00000161. The van der Waals surface area contributed by atoms with Crippen LogP contribution in [0.4, 0.5) is 0 Å². The van der Waals surface area contributed by atoms with Crippen LogP contribution in [0.25, 0.3) is 0 Å². The normalized spacial score (nSPS) is 28.7. The lowest BCUT2D eigenvalue weighted by Crippen LogP contribution is -2.50. The first-order valence-corrected chi connectivity index (χ1v) is 9.32. The molecule has 3 nitrogen and oxygen atoms in total. The van der Waals surface area contributed by atoms with Crippen LogP contribution in [0.5, 0.6) is 0 Å². The predicted molar refractivity (Wildman–Crippen MR) is 93.4 cm³/mol. The Morgan fingerprint density at radius 3 is 3.10 bits per heavy atom. The molecule has 0 aliphatic carbocycles. The number of hydrogen-bond acceptors (Lipinski definition) is 4. The summed E-state index contributed by atoms with van der Waals surface area (Å²) in [5.41, 5.74) is 7.15. The van der Waals surface area contributed by atoms with Crippen molar-refractivity contribution in [2.75, 3.05) is 18.8 Å². The van der Waals surface area contributed by atoms with Gasteiger partial charge in [0, 0.05) is 24.0 Å². The highest BCUT2D eigenvalue weighted by molar-refractivity contribution is 8.00. The van der Waals surface area contributed by atoms with Crippen LogP contribution >= 0.6 is 35.5 Å². The minimum Gasteiger partial charge on any atom is -0.337 e. The number of amides is 1. The Labute approximate surface area is 141 Å². The maximum atomic E-state index is 12.9. The highest BCUT2D eigenvalue weighted by atomic mass is 35.5. The molecule has 2 aliphatic rings. The van der Waals surface area contributed by atoms with E-state index >= 15 is 0 Å². The fourth-order valence-electron chi connectivity index (χ4n) is 3.27. The second-order valence-corrected chi connectivity index (χ2v) is 8.06. The second-order valence-electron chi connectivity index (χ2n) is 5.85. The number of halogens is 1. The number of fused-ring (bicyclic) bond motifs is 1. The monoisotopic (exact) mass is 346 g/mol. The van der Waals surface area contributed by atoms with Crippen LogP contribution in [0.3, 0.4) is 0 Å². The van der Waals surface area contributed by atoms with Crippen molar-refractivity contribution in [3.05, 3.63) is 21.9 Å². The molecule has 118 valence electrons. The van der Waals surface area contributed by atoms with Crippen molar-refractivity contribution >= 4 is 41.4 Å². The van der Waals surface area contributed by atoms with Crippen LogP contribution < -0.4 is 5.73 Å². The fraction of sp³-hybridized carbons (Fsp3) is 0.667. The summed E-state index contributed by atoms with van der Waals surface area (Å²) in [6.07, 6.45) is 3.27. The van der Waals surface area contributed by atoms with Crippen molar-refractivity contribution in [3.63, 3.8) is 0 Å². The van der Waals surface area contributed by atoms with E-state index in [-0.39, 0.29) is 29.6 Å². The SMILES string of the molecule is CC1CCN(C(=O)C2SCCc3sccc32)C(CN)C1.Cl. The average Bonchev–Trinajstić information content (AvgIpc) is 2.94. The highest BCUT2D eigenvalue weighted by Gasteiger charge is 2.36. The predicted octanol–water partition coefficient (Wildman–Crippen LogP) is 3.09. The van der Waals surface area contributed by atoms with E-state index in [1.807, 2.05) is 0 Å². The Hall–Kier alpha value is -0.230. The third-order valence-corrected chi connectivity index (χ3v) is 6.66. The Morgan fingerprint density at radius 2 is 2.33 bits per heavy atom. The molecule has 3 unspecified atom stereocenters. The molecule has 6 heteroatoms. The van der Waals surface area contributed by atoms with E-state index in [4.69, 9.17) is 5.73 Å². The van der Waals surface area contributed by atoms with Crippen molar-refractivity contribution in [1.82, 2.24) is 4.90 Å². The first kappa shape index (κ1) is 17.1. The molecule has 3 atom stereocenters. The molecule has 1 aromatic rings. The minimum absolute atomic E-state index is 0. The third-order valence-electron chi connectivity index (χ3n) is 4.43. The summed E-state index contributed by atoms with van der Waals surface area (Å²) in [6.45, 7) is 3.72. The maximum absolute atomic E-state index is 12.9. The standard InChI is InChI=1S/C15H22N2OS2.ClH/c1-10-2-5-17(11(8-10)9-16)15(18)14-12-3-6-19-13(12)4-7-20-14;/h3,6,10-11,14H,2,4-5,7-9,16H2,1H3;1H. The van der Waals surface area contributed by atoms with Crippen LogP contribution in [-0.4, -0.2) is 35.7 Å². The molecular formula is C15H23ClN2OS2. The minimum atomic E-state index is 0. The van der Waals surface area contributed by atoms with E-state index in [0.717, 1.165) is 31.6 Å². The summed E-state index contributed by atoms with van der Waals surface area (Å²) in [5.74, 6) is 2.03. The Morgan fingerprint density at radius 1 is 1.52 bits per heavy atom. The van der Waals surface area contributed by atoms with Crippen molar-refractivity contribution in [3.8, 4) is 0 Å². The van der Waals surface area contributed by atoms with Crippen LogP contribution in [-0.2, 0) is 11.2 Å². The lowest BCUT2D eigenvalue weighted by atomic mass is 9.92. The summed E-state index contributed by atoms with van der Waals surface area (Å²) < 4.78 is 0. The summed E-state index contributed by atoms with van der Waals surface area (Å²) in [5, 5.41) is 2.13. The topological polar surface area (TPSA) is 46.3 Å². The van der Waals surface area contributed by atoms with Crippen LogP contribution in [0.15, 0.2) is 11.4 Å². The number of hydrogen-bond donors (Lipinski definition) is 1. The number of carbonyl (C=O) groups is 1. The number of carbonyl (C=O) groups excluding carboxylic acids is 1. The van der Waals surface area contributed by atoms with Gasteiger partial charge in [0.15, 0.2) is 0 Å². The van der Waals surface area contributed by atoms with E-state index in [0.29, 0.717) is 12.5 Å². The van der Waals surface area contributed by atoms with Gasteiger partial charge in [0.05, 0.1) is 0 Å². The lowest BCUT2D eigenvalue weighted by molar-refractivity contribution is -0.134. The number of nitrogens with zero attached hydrogens (tertiary/aromatic N) is 1. The zero-order valence-corrected chi connectivity index (χ0v) is 14.7. The average molecular weight is 347 g/mol. The van der Waals surface area contributed by atoms with E-state index in [1.165, 1.54) is 10.4 Å². The third kappa shape index (κ3) is 3.41. The number of piperidine rings is 1. The van der Waals surface area contributed by atoms with E-state index < -0.39 is 0 Å². The molecule has 0 aromatic carbocycles. The van der Waals surface area contributed by atoms with Gasteiger partial charge in [-0.05, 0) is 47.9 Å². The largest absolute Gasteiger partial charge is 0.337 e. The van der Waals surface area contributed by atoms with Gasteiger partial charge in [-0.15, -0.1) is 35.5 Å². The second kappa shape index (κ2) is 7.36. The molecule has 1 saturated heterocycles. The van der Waals surface area contributed by atoms with Gasteiger partial charge in [0.1, 0.15) is 5.25 Å². The summed E-state index contributed by atoms with van der Waals surface area (Å²) in [4.78, 5) is 16.4. The number of likely N-dealkylation sites (tertiary alicyclic amines) is 1. The number of thiophene rings is 1. The van der Waals surface area contributed by atoms with Gasteiger partial charge in [-0.25, -0.2) is 0 Å². The molecule has 2 N–H and O–H groups in total. The van der Waals surface area contributed by atoms with Crippen molar-refractivity contribution < 1.29 is 4.79 Å². The smallest absolute Gasteiger partial charge is 0.240 e. The zero-order chi connectivity index (χ0) is 14.1. The molecule has 0 saturated carbocycles. The molecule has 1 fully saturated rings. The van der Waals surface area contributed by atoms with Crippen LogP contribution in [0.2, 0.25) is 0 Å². The van der Waals surface area contributed by atoms with Crippen LogP contribution in [0, 0.1) is 5.92 Å². The summed E-state index contributed by atoms with van der Waals surface area (Å²) in [6, 6.07) is 2.37. The molecule has 1 amide bonds. The van der Waals surface area contributed by atoms with Crippen molar-refractivity contribution in [2.45, 2.75) is 37.5 Å². The van der Waals surface area contributed by atoms with Gasteiger partial charge in [0.2, 0.25) is 5.91 Å². The molecule has 21 heavy (non-hydrogen) atoms. The molecule has 1 aromatic heterocycles. The van der Waals surface area contributed by atoms with Gasteiger partial charge in [-0.1, -0.05) is 6.92 Å². The number of thioether (sulfide) groups is 1. The van der Waals surface area contributed by atoms with E-state index in [2.05, 4.69) is 23.3 Å². The Bertz CT molecular complexity index is 494. The number of nitrogens with two attached hydrogens (primary N) is 1. The van der Waals surface area contributed by atoms with Gasteiger partial charge in [0.25, 0.3) is 0 Å². The van der Waals surface area contributed by atoms with Gasteiger partial charge in [-0.3, -0.25) is 4.79 Å². The molecule has 3 heterocycles. The molecular weight excluding hydrogens is 324 g/mol. The molecule has 2 aliphatic heterocycles. The van der Waals surface area contributed by atoms with Gasteiger partial charge < -0.3 is 10.6 Å². The molecule has 0 spiro atoms. The van der Waals surface area contributed by atoms with E-state index in [1.54, 1.807) is 23.1 Å². The Kier molecular flexibility index (Phi) is 6.00. The quantitative estimate of drug-likeness (QED) is 0.895. The summed E-state index contributed by atoms with van der Waals surface area (Å²) >= 11 is 3.59. The number of rotatable bonds is 2. The van der Waals surface area contributed by atoms with E-state index in [9.17, 15) is 4.79 Å².